The lowest BCUT2D eigenvalue weighted by Crippen LogP contribution is -2.41. The monoisotopic (exact) mass is 293 g/mol. The first-order chi connectivity index (χ1) is 9.63. The Kier molecular flexibility index (Phi) is 5.03. The van der Waals surface area contributed by atoms with Crippen LogP contribution in [0.4, 0.5) is 0 Å². The zero-order valence-electron chi connectivity index (χ0n) is 11.3. The van der Waals surface area contributed by atoms with Gasteiger partial charge in [-0.3, -0.25) is 9.78 Å². The smallest absolute Gasteiger partial charge is 0.272 e. The van der Waals surface area contributed by atoms with Crippen molar-refractivity contribution < 1.29 is 9.90 Å². The zero-order chi connectivity index (χ0) is 14.5. The highest BCUT2D eigenvalue weighted by Crippen LogP contribution is 2.24. The Labute approximate surface area is 123 Å². The molecule has 0 saturated heterocycles. The molecule has 1 amide bonds. The Morgan fingerprint density at radius 1 is 1.45 bits per heavy atom. The number of aliphatic hydroxyl groups excluding tert-OH is 1. The van der Waals surface area contributed by atoms with Gasteiger partial charge in [-0.2, -0.15) is 0 Å². The van der Waals surface area contributed by atoms with E-state index in [1.54, 1.807) is 17.0 Å². The van der Waals surface area contributed by atoms with Crippen LogP contribution >= 0.6 is 12.2 Å². The molecular formula is C14H19N3O2S. The number of hydrogen-bond acceptors (Lipinski definition) is 4. The molecule has 6 heteroatoms. The van der Waals surface area contributed by atoms with Crippen LogP contribution in [0.5, 0.6) is 0 Å². The van der Waals surface area contributed by atoms with Crippen LogP contribution in [0.15, 0.2) is 18.3 Å². The highest BCUT2D eigenvalue weighted by Gasteiger charge is 2.27. The summed E-state index contributed by atoms with van der Waals surface area (Å²) in [5.41, 5.74) is 6.52. The van der Waals surface area contributed by atoms with Gasteiger partial charge in [0.15, 0.2) is 0 Å². The van der Waals surface area contributed by atoms with E-state index >= 15 is 0 Å². The highest BCUT2D eigenvalue weighted by molar-refractivity contribution is 7.80. The van der Waals surface area contributed by atoms with Crippen molar-refractivity contribution in [3.8, 4) is 0 Å². The lowest BCUT2D eigenvalue weighted by Gasteiger charge is -2.28. The molecule has 3 N–H and O–H groups in total. The summed E-state index contributed by atoms with van der Waals surface area (Å²) in [4.78, 5) is 18.6. The molecule has 1 aromatic heterocycles. The first kappa shape index (κ1) is 14.9. The Balaban J connectivity index is 2.15. The first-order valence-corrected chi connectivity index (χ1v) is 7.22. The third-order valence-electron chi connectivity index (χ3n) is 3.63. The zero-order valence-corrected chi connectivity index (χ0v) is 12.1. The van der Waals surface area contributed by atoms with Gasteiger partial charge in [0.2, 0.25) is 0 Å². The van der Waals surface area contributed by atoms with Crippen molar-refractivity contribution in [3.05, 3.63) is 29.6 Å². The molecule has 1 aromatic rings. The average molecular weight is 293 g/mol. The number of nitrogens with two attached hydrogens (primary N) is 1. The fraction of sp³-hybridized carbons (Fsp3) is 0.500. The van der Waals surface area contributed by atoms with Crippen molar-refractivity contribution >= 4 is 23.1 Å². The van der Waals surface area contributed by atoms with Gasteiger partial charge in [0.25, 0.3) is 5.91 Å². The highest BCUT2D eigenvalue weighted by atomic mass is 32.1. The van der Waals surface area contributed by atoms with E-state index in [4.69, 9.17) is 23.1 Å². The summed E-state index contributed by atoms with van der Waals surface area (Å²) < 4.78 is 0. The van der Waals surface area contributed by atoms with Crippen LogP contribution in [0.2, 0.25) is 0 Å². The number of carbonyl (C=O) groups excluding carboxylic acids is 1. The molecule has 0 aliphatic heterocycles. The largest absolute Gasteiger partial charge is 0.395 e. The van der Waals surface area contributed by atoms with Gasteiger partial charge >= 0.3 is 0 Å². The van der Waals surface area contributed by atoms with Gasteiger partial charge in [-0.1, -0.05) is 25.1 Å². The lowest BCUT2D eigenvalue weighted by molar-refractivity contribution is 0.0632. The van der Waals surface area contributed by atoms with E-state index in [0.29, 0.717) is 17.8 Å². The van der Waals surface area contributed by atoms with Crippen molar-refractivity contribution in [2.24, 2.45) is 5.73 Å². The number of amides is 1. The van der Waals surface area contributed by atoms with E-state index in [9.17, 15) is 4.79 Å². The molecule has 5 nitrogen and oxygen atoms in total. The summed E-state index contributed by atoms with van der Waals surface area (Å²) >= 11 is 4.86. The minimum atomic E-state index is -0.138. The number of pyridine rings is 1. The van der Waals surface area contributed by atoms with Crippen LogP contribution in [0.25, 0.3) is 0 Å². The molecular weight excluding hydrogens is 274 g/mol. The molecule has 0 spiro atoms. The molecule has 1 aliphatic rings. The van der Waals surface area contributed by atoms with E-state index in [0.717, 1.165) is 25.7 Å². The van der Waals surface area contributed by atoms with Gasteiger partial charge in [0.1, 0.15) is 10.7 Å². The summed E-state index contributed by atoms with van der Waals surface area (Å²) in [6.07, 6.45) is 5.77. The summed E-state index contributed by atoms with van der Waals surface area (Å²) in [7, 11) is 0. The third-order valence-corrected chi connectivity index (χ3v) is 3.87. The number of thiocarbonyl (C=S) groups is 1. The number of nitrogens with zero attached hydrogens (tertiary/aromatic N) is 2. The normalized spacial score (nSPS) is 15.2. The number of aromatic nitrogens is 1. The van der Waals surface area contributed by atoms with Gasteiger partial charge < -0.3 is 15.7 Å². The summed E-state index contributed by atoms with van der Waals surface area (Å²) in [5.74, 6) is -0.138. The second kappa shape index (κ2) is 6.76. The molecule has 0 aromatic carbocycles. The van der Waals surface area contributed by atoms with E-state index in [1.807, 2.05) is 0 Å². The number of rotatable bonds is 5. The maximum atomic E-state index is 12.5. The molecule has 2 rings (SSSR count). The van der Waals surface area contributed by atoms with E-state index in [1.165, 1.54) is 6.20 Å². The predicted molar refractivity (Wildman–Crippen MR) is 80.5 cm³/mol. The van der Waals surface area contributed by atoms with Gasteiger partial charge in [0.05, 0.1) is 6.61 Å². The van der Waals surface area contributed by atoms with Crippen molar-refractivity contribution in [1.29, 1.82) is 0 Å². The second-order valence-electron chi connectivity index (χ2n) is 4.96. The minimum Gasteiger partial charge on any atom is -0.395 e. The van der Waals surface area contributed by atoms with E-state index in [-0.39, 0.29) is 23.5 Å². The number of aliphatic hydroxyl groups is 1. The van der Waals surface area contributed by atoms with E-state index in [2.05, 4.69) is 4.98 Å². The van der Waals surface area contributed by atoms with Crippen LogP contribution in [-0.4, -0.2) is 45.1 Å². The molecule has 1 heterocycles. The maximum Gasteiger partial charge on any atom is 0.272 e. The van der Waals surface area contributed by atoms with Crippen LogP contribution in [0.1, 0.15) is 41.7 Å². The SMILES string of the molecule is NC(=S)c1ccc(C(=O)N(CCO)C2CCCC2)nc1. The van der Waals surface area contributed by atoms with Crippen LogP contribution < -0.4 is 5.73 Å². The first-order valence-electron chi connectivity index (χ1n) is 6.81. The van der Waals surface area contributed by atoms with Crippen LogP contribution in [0.3, 0.4) is 0 Å². The topological polar surface area (TPSA) is 79.5 Å². The molecule has 108 valence electrons. The molecule has 0 radical (unpaired) electrons. The molecule has 1 saturated carbocycles. The number of hydrogen-bond donors (Lipinski definition) is 2. The number of carbonyl (C=O) groups is 1. The third kappa shape index (κ3) is 3.32. The van der Waals surface area contributed by atoms with Crippen molar-refractivity contribution in [2.45, 2.75) is 31.7 Å². The van der Waals surface area contributed by atoms with Gasteiger partial charge in [-0.15, -0.1) is 0 Å². The molecule has 20 heavy (non-hydrogen) atoms. The standard InChI is InChI=1S/C14H19N3O2S/c15-13(20)10-5-6-12(16-9-10)14(19)17(7-8-18)11-3-1-2-4-11/h5-6,9,11,18H,1-4,7-8H2,(H2,15,20). The Morgan fingerprint density at radius 3 is 2.65 bits per heavy atom. The lowest BCUT2D eigenvalue weighted by atomic mass is 10.1. The van der Waals surface area contributed by atoms with Crippen LogP contribution in [0, 0.1) is 0 Å². The summed E-state index contributed by atoms with van der Waals surface area (Å²) in [6.45, 7) is 0.315. The Morgan fingerprint density at radius 2 is 2.15 bits per heavy atom. The summed E-state index contributed by atoms with van der Waals surface area (Å²) in [6, 6.07) is 3.55. The molecule has 0 atom stereocenters. The average Bonchev–Trinajstić information content (AvgIpc) is 2.98. The summed E-state index contributed by atoms with van der Waals surface area (Å²) in [5, 5.41) is 9.16. The van der Waals surface area contributed by atoms with Gasteiger partial charge in [0, 0.05) is 24.3 Å². The minimum absolute atomic E-state index is 0.0345. The fourth-order valence-corrected chi connectivity index (χ4v) is 2.71. The van der Waals surface area contributed by atoms with Gasteiger partial charge in [-0.25, -0.2) is 0 Å². The molecule has 0 unspecified atom stereocenters. The predicted octanol–water partition coefficient (Wildman–Crippen LogP) is 1.09. The van der Waals surface area contributed by atoms with Gasteiger partial charge in [-0.05, 0) is 25.0 Å². The quantitative estimate of drug-likeness (QED) is 0.795. The van der Waals surface area contributed by atoms with E-state index < -0.39 is 0 Å². The molecule has 1 fully saturated rings. The van der Waals surface area contributed by atoms with Crippen LogP contribution in [-0.2, 0) is 0 Å². The second-order valence-corrected chi connectivity index (χ2v) is 5.40. The molecule has 0 bridgehead atoms. The van der Waals surface area contributed by atoms with Crippen molar-refractivity contribution in [1.82, 2.24) is 9.88 Å². The van der Waals surface area contributed by atoms with Crippen molar-refractivity contribution in [3.63, 3.8) is 0 Å². The maximum absolute atomic E-state index is 12.5. The molecule has 1 aliphatic carbocycles. The van der Waals surface area contributed by atoms with Crippen molar-refractivity contribution in [2.75, 3.05) is 13.2 Å². The fourth-order valence-electron chi connectivity index (χ4n) is 2.59. The Hall–Kier alpha value is -1.53. The Bertz CT molecular complexity index is 484.